The summed E-state index contributed by atoms with van der Waals surface area (Å²) in [5, 5.41) is 12.6. The highest BCUT2D eigenvalue weighted by Crippen LogP contribution is 2.35. The number of nitrogens with one attached hydrogen (secondary N) is 1. The van der Waals surface area contributed by atoms with Crippen LogP contribution in [0.25, 0.3) is 33.0 Å². The molecule has 0 atom stereocenters. The van der Waals surface area contributed by atoms with E-state index in [9.17, 15) is 9.90 Å². The predicted octanol–water partition coefficient (Wildman–Crippen LogP) is 6.12. The predicted molar refractivity (Wildman–Crippen MR) is 121 cm³/mol. The Bertz CT molecular complexity index is 1200. The number of aromatic carboxylic acids is 1. The molecule has 0 bridgehead atoms. The average Bonchev–Trinajstić information content (AvgIpc) is 3.25. The van der Waals surface area contributed by atoms with Crippen LogP contribution in [-0.2, 0) is 4.84 Å². The Morgan fingerprint density at radius 2 is 1.73 bits per heavy atom. The highest BCUT2D eigenvalue weighted by molar-refractivity contribution is 7.13. The summed E-state index contributed by atoms with van der Waals surface area (Å²) in [6, 6.07) is 21.0. The second kappa shape index (κ2) is 8.49. The number of aromatic nitrogens is 1. The minimum atomic E-state index is -0.991. The summed E-state index contributed by atoms with van der Waals surface area (Å²) in [6.07, 6.45) is 0. The molecule has 0 aliphatic heterocycles. The zero-order valence-electron chi connectivity index (χ0n) is 16.5. The van der Waals surface area contributed by atoms with Crippen molar-refractivity contribution >= 4 is 23.0 Å². The van der Waals surface area contributed by atoms with Crippen LogP contribution in [0.1, 0.15) is 15.9 Å². The van der Waals surface area contributed by atoms with Gasteiger partial charge < -0.3 is 5.11 Å². The SMILES string of the molecule is CONc1ccccc1-c1ccc(-c2nc(-c3ccc(C)cc3)cs2)cc1C(=O)O. The minimum Gasteiger partial charge on any atom is -0.478 e. The van der Waals surface area contributed by atoms with E-state index in [0.717, 1.165) is 27.4 Å². The fourth-order valence-corrected chi connectivity index (χ4v) is 4.10. The van der Waals surface area contributed by atoms with E-state index >= 15 is 0 Å². The molecule has 0 radical (unpaired) electrons. The minimum absolute atomic E-state index is 0.213. The van der Waals surface area contributed by atoms with Crippen LogP contribution in [0.3, 0.4) is 0 Å². The maximum Gasteiger partial charge on any atom is 0.336 e. The Labute approximate surface area is 178 Å². The first-order chi connectivity index (χ1) is 14.6. The lowest BCUT2D eigenvalue weighted by Crippen LogP contribution is -2.03. The van der Waals surface area contributed by atoms with E-state index in [2.05, 4.69) is 17.6 Å². The summed E-state index contributed by atoms with van der Waals surface area (Å²) in [7, 11) is 1.52. The molecule has 5 nitrogen and oxygen atoms in total. The number of rotatable bonds is 6. The van der Waals surface area contributed by atoms with Gasteiger partial charge in [-0.05, 0) is 24.6 Å². The second-order valence-electron chi connectivity index (χ2n) is 6.82. The summed E-state index contributed by atoms with van der Waals surface area (Å²) >= 11 is 1.50. The first-order valence-corrected chi connectivity index (χ1v) is 10.2. The molecule has 30 heavy (non-hydrogen) atoms. The number of anilines is 1. The van der Waals surface area contributed by atoms with Crippen LogP contribution in [0.2, 0.25) is 0 Å². The number of para-hydroxylation sites is 1. The molecule has 0 spiro atoms. The molecule has 0 fully saturated rings. The molecule has 0 unspecified atom stereocenters. The van der Waals surface area contributed by atoms with Crippen molar-refractivity contribution in [2.75, 3.05) is 12.6 Å². The highest BCUT2D eigenvalue weighted by atomic mass is 32.1. The van der Waals surface area contributed by atoms with E-state index in [-0.39, 0.29) is 5.56 Å². The molecular formula is C24H20N2O3S. The molecule has 0 saturated carbocycles. The van der Waals surface area contributed by atoms with Crippen molar-refractivity contribution in [1.82, 2.24) is 4.98 Å². The van der Waals surface area contributed by atoms with Gasteiger partial charge in [-0.25, -0.2) is 9.78 Å². The maximum absolute atomic E-state index is 12.0. The molecule has 0 aliphatic rings. The van der Waals surface area contributed by atoms with E-state index in [1.165, 1.54) is 24.0 Å². The topological polar surface area (TPSA) is 71.5 Å². The summed E-state index contributed by atoms with van der Waals surface area (Å²) in [6.45, 7) is 2.05. The van der Waals surface area contributed by atoms with Gasteiger partial charge in [-0.2, -0.15) is 0 Å². The van der Waals surface area contributed by atoms with Crippen LogP contribution < -0.4 is 5.48 Å². The number of carbonyl (C=O) groups is 1. The van der Waals surface area contributed by atoms with Crippen molar-refractivity contribution in [3.63, 3.8) is 0 Å². The van der Waals surface area contributed by atoms with Crippen LogP contribution in [0, 0.1) is 6.92 Å². The number of hydrogen-bond acceptors (Lipinski definition) is 5. The van der Waals surface area contributed by atoms with Gasteiger partial charge in [0.25, 0.3) is 0 Å². The monoisotopic (exact) mass is 416 g/mol. The van der Waals surface area contributed by atoms with Crippen molar-refractivity contribution in [2.45, 2.75) is 6.92 Å². The van der Waals surface area contributed by atoms with E-state index < -0.39 is 5.97 Å². The van der Waals surface area contributed by atoms with Crippen molar-refractivity contribution in [2.24, 2.45) is 0 Å². The van der Waals surface area contributed by atoms with Gasteiger partial charge in [-0.15, -0.1) is 11.3 Å². The van der Waals surface area contributed by atoms with Crippen LogP contribution >= 0.6 is 11.3 Å². The first kappa shape index (κ1) is 19.8. The summed E-state index contributed by atoms with van der Waals surface area (Å²) in [4.78, 5) is 21.8. The lowest BCUT2D eigenvalue weighted by Gasteiger charge is -2.13. The number of thiazole rings is 1. The summed E-state index contributed by atoms with van der Waals surface area (Å²) in [5.41, 5.74) is 8.98. The van der Waals surface area contributed by atoms with Crippen molar-refractivity contribution in [3.05, 3.63) is 83.2 Å². The number of hydrogen-bond donors (Lipinski definition) is 2. The van der Waals surface area contributed by atoms with Gasteiger partial charge in [0.1, 0.15) is 5.01 Å². The molecule has 4 rings (SSSR count). The quantitative estimate of drug-likeness (QED) is 0.370. The third kappa shape index (κ3) is 3.96. The molecule has 150 valence electrons. The van der Waals surface area contributed by atoms with Crippen LogP contribution in [-0.4, -0.2) is 23.2 Å². The van der Waals surface area contributed by atoms with Crippen LogP contribution in [0.5, 0.6) is 0 Å². The number of carboxylic acids is 1. The van der Waals surface area contributed by atoms with E-state index in [4.69, 9.17) is 9.82 Å². The molecule has 6 heteroatoms. The Kier molecular flexibility index (Phi) is 5.61. The Balaban J connectivity index is 1.75. The normalized spacial score (nSPS) is 10.7. The number of aryl methyl sites for hydroxylation is 1. The lowest BCUT2D eigenvalue weighted by molar-refractivity contribution is 0.0698. The Morgan fingerprint density at radius 3 is 2.47 bits per heavy atom. The Hall–Kier alpha value is -3.48. The van der Waals surface area contributed by atoms with E-state index in [1.807, 2.05) is 60.8 Å². The van der Waals surface area contributed by atoms with Gasteiger partial charge in [-0.1, -0.05) is 60.2 Å². The first-order valence-electron chi connectivity index (χ1n) is 9.35. The van der Waals surface area contributed by atoms with E-state index in [1.54, 1.807) is 6.07 Å². The van der Waals surface area contributed by atoms with Gasteiger partial charge in [0.2, 0.25) is 0 Å². The fraction of sp³-hybridized carbons (Fsp3) is 0.0833. The van der Waals surface area contributed by atoms with Gasteiger partial charge in [-0.3, -0.25) is 10.3 Å². The van der Waals surface area contributed by atoms with Crippen molar-refractivity contribution in [1.29, 1.82) is 0 Å². The fourth-order valence-electron chi connectivity index (χ4n) is 3.27. The zero-order valence-corrected chi connectivity index (χ0v) is 17.4. The standard InChI is InChI=1S/C24H20N2O3S/c1-15-7-9-16(10-8-15)22-14-30-23(25-22)17-11-12-18(20(13-17)24(27)28)19-5-3-4-6-21(19)26-29-2/h3-14,26H,1-2H3,(H,27,28). The molecule has 4 aromatic rings. The third-order valence-electron chi connectivity index (χ3n) is 4.78. The molecule has 1 aromatic heterocycles. The van der Waals surface area contributed by atoms with Gasteiger partial charge >= 0.3 is 5.97 Å². The van der Waals surface area contributed by atoms with E-state index in [0.29, 0.717) is 11.3 Å². The zero-order chi connectivity index (χ0) is 21.1. The largest absolute Gasteiger partial charge is 0.478 e. The van der Waals surface area contributed by atoms with Crippen molar-refractivity contribution < 1.29 is 14.7 Å². The molecule has 1 heterocycles. The molecule has 3 aromatic carbocycles. The van der Waals surface area contributed by atoms with Gasteiger partial charge in [0.05, 0.1) is 24.1 Å². The lowest BCUT2D eigenvalue weighted by atomic mass is 9.96. The molecular weight excluding hydrogens is 396 g/mol. The second-order valence-corrected chi connectivity index (χ2v) is 7.68. The number of benzene rings is 3. The summed E-state index contributed by atoms with van der Waals surface area (Å²) in [5.74, 6) is -0.991. The molecule has 0 aliphatic carbocycles. The van der Waals surface area contributed by atoms with Gasteiger partial charge in [0, 0.05) is 22.1 Å². The van der Waals surface area contributed by atoms with Crippen molar-refractivity contribution in [3.8, 4) is 33.0 Å². The van der Waals surface area contributed by atoms with Crippen LogP contribution in [0.15, 0.2) is 72.1 Å². The number of nitrogens with zero attached hydrogens (tertiary/aromatic N) is 1. The number of carboxylic acid groups (broad SMARTS) is 1. The third-order valence-corrected chi connectivity index (χ3v) is 5.67. The molecule has 0 saturated heterocycles. The smallest absolute Gasteiger partial charge is 0.336 e. The average molecular weight is 417 g/mol. The highest BCUT2D eigenvalue weighted by Gasteiger charge is 2.17. The van der Waals surface area contributed by atoms with Gasteiger partial charge in [0.15, 0.2) is 0 Å². The molecule has 2 N–H and O–H groups in total. The Morgan fingerprint density at radius 1 is 1.00 bits per heavy atom. The summed E-state index contributed by atoms with van der Waals surface area (Å²) < 4.78 is 0. The van der Waals surface area contributed by atoms with Crippen LogP contribution in [0.4, 0.5) is 5.69 Å². The maximum atomic E-state index is 12.0. The molecule has 0 amide bonds.